The van der Waals surface area contributed by atoms with E-state index < -0.39 is 0 Å². The van der Waals surface area contributed by atoms with Crippen molar-refractivity contribution in [1.82, 2.24) is 0 Å². The van der Waals surface area contributed by atoms with Crippen molar-refractivity contribution in [1.29, 1.82) is 0 Å². The largest absolute Gasteiger partial charge is 0.489 e. The molecule has 1 heterocycles. The Morgan fingerprint density at radius 3 is 2.43 bits per heavy atom. The molecule has 0 aliphatic carbocycles. The lowest BCUT2D eigenvalue weighted by molar-refractivity contribution is 0.303. The van der Waals surface area contributed by atoms with Gasteiger partial charge in [0.05, 0.1) is 10.7 Å². The van der Waals surface area contributed by atoms with E-state index in [1.165, 1.54) is 19.3 Å². The topological polar surface area (TPSA) is 24.5 Å². The van der Waals surface area contributed by atoms with Crippen LogP contribution in [0.15, 0.2) is 66.7 Å². The van der Waals surface area contributed by atoms with Gasteiger partial charge >= 0.3 is 0 Å². The van der Waals surface area contributed by atoms with Crippen molar-refractivity contribution in [2.45, 2.75) is 32.4 Å². The monoisotopic (exact) mass is 440 g/mol. The number of nitrogens with one attached hydrogen (secondary N) is 1. The van der Waals surface area contributed by atoms with Gasteiger partial charge in [0, 0.05) is 35.9 Å². The molecule has 1 fully saturated rings. The van der Waals surface area contributed by atoms with Gasteiger partial charge < -0.3 is 15.0 Å². The second-order valence-electron chi connectivity index (χ2n) is 7.59. The highest BCUT2D eigenvalue weighted by molar-refractivity contribution is 6.33. The Kier molecular flexibility index (Phi) is 7.03. The van der Waals surface area contributed by atoms with Crippen LogP contribution in [0.25, 0.3) is 0 Å². The van der Waals surface area contributed by atoms with Crippen LogP contribution in [0.1, 0.15) is 30.4 Å². The summed E-state index contributed by atoms with van der Waals surface area (Å²) in [5, 5.41) is 4.93. The molecule has 0 aromatic heterocycles. The standard InChI is InChI=1S/C25H26Cl2N2O/c26-21-9-12-25(30-18-19-7-3-1-4-8-19)20(15-21)17-28-22-10-11-24(23(27)16-22)29-13-5-2-6-14-29/h1,3-4,7-12,15-16,28H,2,5-6,13-14,17-18H2. The quantitative estimate of drug-likeness (QED) is 0.421. The molecule has 3 nitrogen and oxygen atoms in total. The van der Waals surface area contributed by atoms with Crippen LogP contribution in [0.4, 0.5) is 11.4 Å². The molecule has 3 aromatic rings. The van der Waals surface area contributed by atoms with E-state index in [4.69, 9.17) is 27.9 Å². The number of nitrogens with zero attached hydrogens (tertiary/aromatic N) is 1. The fourth-order valence-corrected chi connectivity index (χ4v) is 4.26. The molecular formula is C25H26Cl2N2O. The molecule has 0 saturated carbocycles. The molecule has 156 valence electrons. The Labute approximate surface area is 188 Å². The Balaban J connectivity index is 1.42. The van der Waals surface area contributed by atoms with E-state index in [2.05, 4.69) is 34.5 Å². The third-order valence-corrected chi connectivity index (χ3v) is 5.92. The Bertz CT molecular complexity index is 972. The third-order valence-electron chi connectivity index (χ3n) is 5.39. The Morgan fingerprint density at radius 2 is 1.67 bits per heavy atom. The maximum absolute atomic E-state index is 6.59. The fraction of sp³-hybridized carbons (Fsp3) is 0.280. The number of benzene rings is 3. The normalized spacial score (nSPS) is 13.9. The summed E-state index contributed by atoms with van der Waals surface area (Å²) in [5.74, 6) is 0.826. The third kappa shape index (κ3) is 5.41. The minimum atomic E-state index is 0.520. The molecule has 1 N–H and O–H groups in total. The van der Waals surface area contributed by atoms with Crippen molar-refractivity contribution >= 4 is 34.6 Å². The molecule has 1 aliphatic rings. The van der Waals surface area contributed by atoms with Gasteiger partial charge in [-0.25, -0.2) is 0 Å². The summed E-state index contributed by atoms with van der Waals surface area (Å²) < 4.78 is 6.06. The average molecular weight is 441 g/mol. The lowest BCUT2D eigenvalue weighted by Crippen LogP contribution is -2.29. The molecule has 0 amide bonds. The van der Waals surface area contributed by atoms with Gasteiger partial charge in [0.1, 0.15) is 12.4 Å². The number of halogens is 2. The summed E-state index contributed by atoms with van der Waals surface area (Å²) in [6, 6.07) is 22.1. The van der Waals surface area contributed by atoms with Crippen molar-refractivity contribution in [3.8, 4) is 5.75 Å². The van der Waals surface area contributed by atoms with Crippen LogP contribution in [0.3, 0.4) is 0 Å². The van der Waals surface area contributed by atoms with Crippen LogP contribution in [0, 0.1) is 0 Å². The molecular weight excluding hydrogens is 415 g/mol. The lowest BCUT2D eigenvalue weighted by Gasteiger charge is -2.29. The molecule has 0 atom stereocenters. The second-order valence-corrected chi connectivity index (χ2v) is 8.44. The van der Waals surface area contributed by atoms with Crippen LogP contribution in [0.5, 0.6) is 5.75 Å². The van der Waals surface area contributed by atoms with Crippen molar-refractivity contribution in [2.24, 2.45) is 0 Å². The predicted molar refractivity (Wildman–Crippen MR) is 127 cm³/mol. The first-order valence-electron chi connectivity index (χ1n) is 10.4. The summed E-state index contributed by atoms with van der Waals surface area (Å²) in [5.41, 5.74) is 4.24. The SMILES string of the molecule is Clc1ccc(OCc2ccccc2)c(CNc2ccc(N3CCCCC3)c(Cl)c2)c1. The van der Waals surface area contributed by atoms with Gasteiger partial charge in [-0.1, -0.05) is 53.5 Å². The minimum absolute atomic E-state index is 0.520. The fourth-order valence-electron chi connectivity index (χ4n) is 3.77. The van der Waals surface area contributed by atoms with Gasteiger partial charge in [0.2, 0.25) is 0 Å². The van der Waals surface area contributed by atoms with Crippen LogP contribution in [-0.2, 0) is 13.2 Å². The maximum Gasteiger partial charge on any atom is 0.124 e. The number of piperidine rings is 1. The molecule has 4 rings (SSSR count). The molecule has 0 bridgehead atoms. The van der Waals surface area contributed by atoms with Crippen molar-refractivity contribution in [2.75, 3.05) is 23.3 Å². The molecule has 5 heteroatoms. The molecule has 0 unspecified atom stereocenters. The number of hydrogen-bond donors (Lipinski definition) is 1. The average Bonchev–Trinajstić information content (AvgIpc) is 2.78. The van der Waals surface area contributed by atoms with E-state index in [0.717, 1.165) is 46.4 Å². The first-order chi connectivity index (χ1) is 14.7. The highest BCUT2D eigenvalue weighted by atomic mass is 35.5. The summed E-state index contributed by atoms with van der Waals surface area (Å²) in [7, 11) is 0. The van der Waals surface area contributed by atoms with Gasteiger partial charge in [0.25, 0.3) is 0 Å². The van der Waals surface area contributed by atoms with E-state index in [9.17, 15) is 0 Å². The highest BCUT2D eigenvalue weighted by Crippen LogP contribution is 2.31. The minimum Gasteiger partial charge on any atom is -0.489 e. The number of ether oxygens (including phenoxy) is 1. The van der Waals surface area contributed by atoms with Crippen molar-refractivity contribution in [3.05, 3.63) is 87.9 Å². The Hall–Kier alpha value is -2.36. The van der Waals surface area contributed by atoms with Crippen LogP contribution in [-0.4, -0.2) is 13.1 Å². The Morgan fingerprint density at radius 1 is 0.867 bits per heavy atom. The van der Waals surface area contributed by atoms with Crippen molar-refractivity contribution in [3.63, 3.8) is 0 Å². The number of rotatable bonds is 7. The van der Waals surface area contributed by atoms with E-state index in [-0.39, 0.29) is 0 Å². The number of anilines is 2. The highest BCUT2D eigenvalue weighted by Gasteiger charge is 2.14. The molecule has 0 spiro atoms. The van der Waals surface area contributed by atoms with Crippen molar-refractivity contribution < 1.29 is 4.74 Å². The molecule has 3 aromatic carbocycles. The van der Waals surface area contributed by atoms with E-state index >= 15 is 0 Å². The smallest absolute Gasteiger partial charge is 0.124 e. The molecule has 0 radical (unpaired) electrons. The predicted octanol–water partition coefficient (Wildman–Crippen LogP) is 7.17. The first kappa shape index (κ1) is 20.9. The zero-order valence-corrected chi connectivity index (χ0v) is 18.4. The summed E-state index contributed by atoms with van der Waals surface area (Å²) in [6.45, 7) is 3.28. The van der Waals surface area contributed by atoms with Gasteiger partial charge in [-0.3, -0.25) is 0 Å². The molecule has 30 heavy (non-hydrogen) atoms. The maximum atomic E-state index is 6.59. The van der Waals surface area contributed by atoms with E-state index in [1.807, 2.05) is 42.5 Å². The van der Waals surface area contributed by atoms with Gasteiger partial charge in [0.15, 0.2) is 0 Å². The summed E-state index contributed by atoms with van der Waals surface area (Å²) in [6.07, 6.45) is 3.77. The summed E-state index contributed by atoms with van der Waals surface area (Å²) in [4.78, 5) is 2.38. The van der Waals surface area contributed by atoms with Gasteiger partial charge in [-0.05, 0) is 61.2 Å². The van der Waals surface area contributed by atoms with E-state index in [1.54, 1.807) is 0 Å². The van der Waals surface area contributed by atoms with Gasteiger partial charge in [-0.15, -0.1) is 0 Å². The zero-order chi connectivity index (χ0) is 20.8. The second kappa shape index (κ2) is 10.1. The number of hydrogen-bond acceptors (Lipinski definition) is 3. The van der Waals surface area contributed by atoms with E-state index in [0.29, 0.717) is 18.2 Å². The molecule has 1 aliphatic heterocycles. The summed E-state index contributed by atoms with van der Waals surface area (Å²) >= 11 is 12.8. The van der Waals surface area contributed by atoms with Crippen LogP contribution < -0.4 is 15.0 Å². The zero-order valence-electron chi connectivity index (χ0n) is 16.9. The van der Waals surface area contributed by atoms with Gasteiger partial charge in [-0.2, -0.15) is 0 Å². The first-order valence-corrected chi connectivity index (χ1v) is 11.2. The van der Waals surface area contributed by atoms with Crippen LogP contribution >= 0.6 is 23.2 Å². The lowest BCUT2D eigenvalue weighted by atomic mass is 10.1. The van der Waals surface area contributed by atoms with Crippen LogP contribution in [0.2, 0.25) is 10.0 Å². The molecule has 1 saturated heterocycles.